The lowest BCUT2D eigenvalue weighted by atomic mass is 10.0. The number of benzene rings is 1. The van der Waals surface area contributed by atoms with Gasteiger partial charge in [0.1, 0.15) is 5.82 Å². The van der Waals surface area contributed by atoms with Gasteiger partial charge in [0.25, 0.3) is 0 Å². The number of halogens is 4. The van der Waals surface area contributed by atoms with Crippen LogP contribution in [0.1, 0.15) is 22.9 Å². The fourth-order valence-corrected chi connectivity index (χ4v) is 1.86. The molecule has 106 valence electrons. The number of aromatic nitrogens is 2. The monoisotopic (exact) mass is 285 g/mol. The minimum absolute atomic E-state index is 0.122. The Labute approximate surface area is 112 Å². The third-order valence-corrected chi connectivity index (χ3v) is 2.80. The van der Waals surface area contributed by atoms with Crippen molar-refractivity contribution in [2.75, 3.05) is 7.05 Å². The maximum absolute atomic E-state index is 13.8. The average Bonchev–Trinajstić information content (AvgIpc) is 2.41. The molecule has 1 N–H and O–H groups in total. The summed E-state index contributed by atoms with van der Waals surface area (Å²) in [5, 5.41) is 2.74. The van der Waals surface area contributed by atoms with E-state index in [1.807, 2.05) is 0 Å². The van der Waals surface area contributed by atoms with Crippen LogP contribution in [0.2, 0.25) is 0 Å². The van der Waals surface area contributed by atoms with Crippen molar-refractivity contribution < 1.29 is 17.6 Å². The molecule has 0 bridgehead atoms. The number of hydrogen-bond acceptors (Lipinski definition) is 3. The molecule has 0 radical (unpaired) electrons. The molecule has 7 heteroatoms. The maximum Gasteiger partial charge on any atom is 0.416 e. The summed E-state index contributed by atoms with van der Waals surface area (Å²) in [6.07, 6.45) is -0.326. The molecule has 20 heavy (non-hydrogen) atoms. The van der Waals surface area contributed by atoms with Crippen LogP contribution in [-0.4, -0.2) is 17.0 Å². The zero-order chi connectivity index (χ0) is 14.8. The van der Waals surface area contributed by atoms with Gasteiger partial charge < -0.3 is 5.32 Å². The van der Waals surface area contributed by atoms with E-state index in [4.69, 9.17) is 0 Å². The Morgan fingerprint density at radius 1 is 1.20 bits per heavy atom. The molecule has 0 aliphatic carbocycles. The number of hydrogen-bond donors (Lipinski definition) is 1. The topological polar surface area (TPSA) is 37.8 Å². The standard InChI is InChI=1S/C13H11F4N3/c1-18-12(11-7-19-4-5-20-11)9-6-8(13(15,16)17)2-3-10(9)14/h2-7,12,18H,1H3. The fraction of sp³-hybridized carbons (Fsp3) is 0.231. The number of nitrogens with one attached hydrogen (secondary N) is 1. The first-order valence-electron chi connectivity index (χ1n) is 5.73. The number of nitrogens with zero attached hydrogens (tertiary/aromatic N) is 2. The van der Waals surface area contributed by atoms with Gasteiger partial charge in [-0.05, 0) is 25.2 Å². The van der Waals surface area contributed by atoms with Crippen LogP contribution in [0.25, 0.3) is 0 Å². The second-order valence-electron chi connectivity index (χ2n) is 4.09. The van der Waals surface area contributed by atoms with Crippen molar-refractivity contribution in [2.45, 2.75) is 12.2 Å². The third-order valence-electron chi connectivity index (χ3n) is 2.80. The van der Waals surface area contributed by atoms with Gasteiger partial charge in [-0.15, -0.1) is 0 Å². The highest BCUT2D eigenvalue weighted by Crippen LogP contribution is 2.32. The highest BCUT2D eigenvalue weighted by molar-refractivity contribution is 5.33. The molecule has 1 atom stereocenters. The van der Waals surface area contributed by atoms with E-state index in [2.05, 4.69) is 15.3 Å². The molecule has 1 aromatic heterocycles. The summed E-state index contributed by atoms with van der Waals surface area (Å²) in [6.45, 7) is 0. The maximum atomic E-state index is 13.8. The van der Waals surface area contributed by atoms with E-state index in [0.717, 1.165) is 12.1 Å². The fourth-order valence-electron chi connectivity index (χ4n) is 1.86. The Morgan fingerprint density at radius 2 is 1.95 bits per heavy atom. The lowest BCUT2D eigenvalue weighted by Crippen LogP contribution is -2.21. The molecule has 1 aromatic carbocycles. The van der Waals surface area contributed by atoms with Crippen LogP contribution in [0.4, 0.5) is 17.6 Å². The summed E-state index contributed by atoms with van der Waals surface area (Å²) in [6, 6.07) is 1.50. The van der Waals surface area contributed by atoms with Crippen LogP contribution in [-0.2, 0) is 6.18 Å². The molecule has 0 fully saturated rings. The first kappa shape index (κ1) is 14.4. The first-order chi connectivity index (χ1) is 9.43. The van der Waals surface area contributed by atoms with E-state index in [9.17, 15) is 17.6 Å². The van der Waals surface area contributed by atoms with Crippen LogP contribution < -0.4 is 5.32 Å². The summed E-state index contributed by atoms with van der Waals surface area (Å²) in [5.74, 6) is -0.733. The van der Waals surface area contributed by atoms with Crippen LogP contribution in [0, 0.1) is 5.82 Å². The molecule has 0 saturated carbocycles. The zero-order valence-corrected chi connectivity index (χ0v) is 10.4. The van der Waals surface area contributed by atoms with Gasteiger partial charge in [-0.1, -0.05) is 0 Å². The van der Waals surface area contributed by atoms with Crippen LogP contribution >= 0.6 is 0 Å². The average molecular weight is 285 g/mol. The van der Waals surface area contributed by atoms with Crippen LogP contribution in [0.15, 0.2) is 36.8 Å². The quantitative estimate of drug-likeness (QED) is 0.881. The van der Waals surface area contributed by atoms with Crippen molar-refractivity contribution in [3.63, 3.8) is 0 Å². The highest BCUT2D eigenvalue weighted by Gasteiger charge is 2.32. The van der Waals surface area contributed by atoms with Crippen LogP contribution in [0.3, 0.4) is 0 Å². The van der Waals surface area contributed by atoms with Gasteiger partial charge >= 0.3 is 6.18 Å². The van der Waals surface area contributed by atoms with Crippen LogP contribution in [0.5, 0.6) is 0 Å². The second kappa shape index (κ2) is 5.54. The molecule has 0 amide bonds. The van der Waals surface area contributed by atoms with E-state index >= 15 is 0 Å². The molecule has 0 saturated heterocycles. The van der Waals surface area contributed by atoms with Crippen molar-refractivity contribution in [3.05, 3.63) is 59.4 Å². The highest BCUT2D eigenvalue weighted by atomic mass is 19.4. The Hall–Kier alpha value is -2.02. The van der Waals surface area contributed by atoms with Crippen molar-refractivity contribution in [3.8, 4) is 0 Å². The molecule has 1 heterocycles. The predicted octanol–water partition coefficient (Wildman–Crippen LogP) is 2.94. The molecule has 2 rings (SSSR count). The van der Waals surface area contributed by atoms with Gasteiger partial charge in [0.2, 0.25) is 0 Å². The minimum atomic E-state index is -4.52. The molecule has 1 unspecified atom stereocenters. The summed E-state index contributed by atoms with van der Waals surface area (Å²) in [7, 11) is 1.51. The van der Waals surface area contributed by atoms with E-state index in [1.54, 1.807) is 0 Å². The Bertz CT molecular complexity index is 584. The summed E-state index contributed by atoms with van der Waals surface area (Å²) < 4.78 is 51.9. The van der Waals surface area contributed by atoms with E-state index in [1.165, 1.54) is 25.6 Å². The molecule has 0 aliphatic heterocycles. The Balaban J connectivity index is 2.50. The summed E-state index contributed by atoms with van der Waals surface area (Å²) in [5.41, 5.74) is -0.686. The number of rotatable bonds is 3. The molecule has 3 nitrogen and oxygen atoms in total. The van der Waals surface area contributed by atoms with Gasteiger partial charge in [-0.25, -0.2) is 4.39 Å². The Morgan fingerprint density at radius 3 is 2.50 bits per heavy atom. The smallest absolute Gasteiger partial charge is 0.308 e. The minimum Gasteiger partial charge on any atom is -0.308 e. The molecular formula is C13H11F4N3. The van der Waals surface area contributed by atoms with Gasteiger partial charge in [0.15, 0.2) is 0 Å². The van der Waals surface area contributed by atoms with Crippen molar-refractivity contribution >= 4 is 0 Å². The van der Waals surface area contributed by atoms with Gasteiger partial charge in [-0.2, -0.15) is 13.2 Å². The molecule has 2 aromatic rings. The summed E-state index contributed by atoms with van der Waals surface area (Å²) in [4.78, 5) is 7.82. The lowest BCUT2D eigenvalue weighted by molar-refractivity contribution is -0.137. The van der Waals surface area contributed by atoms with E-state index < -0.39 is 23.6 Å². The Kier molecular flexibility index (Phi) is 3.99. The SMILES string of the molecule is CNC(c1cnccn1)c1cc(C(F)(F)F)ccc1F. The first-order valence-corrected chi connectivity index (χ1v) is 5.73. The van der Waals surface area contributed by atoms with E-state index in [-0.39, 0.29) is 5.56 Å². The van der Waals surface area contributed by atoms with Crippen molar-refractivity contribution in [1.29, 1.82) is 0 Å². The lowest BCUT2D eigenvalue weighted by Gasteiger charge is -2.18. The van der Waals surface area contributed by atoms with Gasteiger partial charge in [0.05, 0.1) is 23.5 Å². The van der Waals surface area contributed by atoms with Gasteiger partial charge in [-0.3, -0.25) is 9.97 Å². The number of alkyl halides is 3. The van der Waals surface area contributed by atoms with E-state index in [0.29, 0.717) is 11.8 Å². The summed E-state index contributed by atoms with van der Waals surface area (Å²) >= 11 is 0. The third kappa shape index (κ3) is 2.93. The second-order valence-corrected chi connectivity index (χ2v) is 4.09. The normalized spacial score (nSPS) is 13.2. The van der Waals surface area contributed by atoms with Crippen molar-refractivity contribution in [1.82, 2.24) is 15.3 Å². The molecule has 0 spiro atoms. The largest absolute Gasteiger partial charge is 0.416 e. The molecule has 0 aliphatic rings. The van der Waals surface area contributed by atoms with Gasteiger partial charge in [0, 0.05) is 18.0 Å². The zero-order valence-electron chi connectivity index (χ0n) is 10.4. The van der Waals surface area contributed by atoms with Crippen molar-refractivity contribution in [2.24, 2.45) is 0 Å². The molecular weight excluding hydrogens is 274 g/mol. The predicted molar refractivity (Wildman–Crippen MR) is 64.3 cm³/mol.